The van der Waals surface area contributed by atoms with E-state index in [0.29, 0.717) is 5.56 Å². The number of hydrogen-bond acceptors (Lipinski definition) is 6. The van der Waals surface area contributed by atoms with E-state index in [1.807, 2.05) is 0 Å². The van der Waals surface area contributed by atoms with Crippen molar-refractivity contribution in [3.63, 3.8) is 0 Å². The average Bonchev–Trinajstić information content (AvgIpc) is 2.54. The van der Waals surface area contributed by atoms with Crippen molar-refractivity contribution in [2.45, 2.75) is 13.8 Å². The molecule has 2 rings (SSSR count). The van der Waals surface area contributed by atoms with Crippen molar-refractivity contribution in [1.82, 2.24) is 0 Å². The summed E-state index contributed by atoms with van der Waals surface area (Å²) >= 11 is 0. The Hall–Kier alpha value is -3.48. The second-order valence-corrected chi connectivity index (χ2v) is 5.11. The summed E-state index contributed by atoms with van der Waals surface area (Å²) < 4.78 is 28.0. The first-order valence-electron chi connectivity index (χ1n) is 7.50. The smallest absolute Gasteiger partial charge is 0.336 e. The highest BCUT2D eigenvalue weighted by Crippen LogP contribution is 2.29. The summed E-state index contributed by atoms with van der Waals surface area (Å²) in [6.07, 6.45) is 2.54. The topological polar surface area (TPSA) is 78.9 Å². The van der Waals surface area contributed by atoms with Crippen molar-refractivity contribution in [2.24, 2.45) is 0 Å². The van der Waals surface area contributed by atoms with Crippen LogP contribution in [-0.4, -0.2) is 17.9 Å². The molecule has 0 bridgehead atoms. The number of carbonyl (C=O) groups excluding carboxylic acids is 3. The number of esters is 3. The van der Waals surface area contributed by atoms with E-state index in [4.69, 9.17) is 14.2 Å². The Labute approximate surface area is 148 Å². The van der Waals surface area contributed by atoms with Crippen LogP contribution >= 0.6 is 0 Å². The fraction of sp³-hybridized carbons (Fsp3) is 0.105. The van der Waals surface area contributed by atoms with E-state index >= 15 is 0 Å². The van der Waals surface area contributed by atoms with Gasteiger partial charge in [-0.1, -0.05) is 12.1 Å². The fourth-order valence-electron chi connectivity index (χ4n) is 1.95. The maximum absolute atomic E-state index is 13.1. The van der Waals surface area contributed by atoms with Gasteiger partial charge in [-0.05, 0) is 35.9 Å². The highest BCUT2D eigenvalue weighted by Gasteiger charge is 2.11. The SMILES string of the molecule is CC(=O)Oc1ccc(/C=C/C(=O)Oc2cccc(F)c2)cc1OC(C)=O. The molecule has 0 heterocycles. The first-order valence-corrected chi connectivity index (χ1v) is 7.50. The molecule has 6 nitrogen and oxygen atoms in total. The molecule has 0 saturated heterocycles. The minimum atomic E-state index is -0.714. The zero-order valence-corrected chi connectivity index (χ0v) is 14.0. The molecular formula is C19H15FO6. The lowest BCUT2D eigenvalue weighted by Crippen LogP contribution is -2.07. The molecule has 0 aromatic heterocycles. The van der Waals surface area contributed by atoms with E-state index in [0.717, 1.165) is 12.1 Å². The maximum atomic E-state index is 13.1. The van der Waals surface area contributed by atoms with E-state index in [9.17, 15) is 18.8 Å². The highest BCUT2D eigenvalue weighted by molar-refractivity contribution is 5.89. The minimum absolute atomic E-state index is 0.0355. The van der Waals surface area contributed by atoms with Gasteiger partial charge in [0.15, 0.2) is 11.5 Å². The van der Waals surface area contributed by atoms with E-state index in [-0.39, 0.29) is 17.2 Å². The standard InChI is InChI=1S/C19H15FO6/c1-12(21)24-17-8-6-14(10-18(17)25-13(2)22)7-9-19(23)26-16-5-3-4-15(20)11-16/h3-11H,1-2H3/b9-7+. The van der Waals surface area contributed by atoms with Crippen LogP contribution in [0.3, 0.4) is 0 Å². The number of benzene rings is 2. The van der Waals surface area contributed by atoms with Crippen LogP contribution in [0.25, 0.3) is 6.08 Å². The third-order valence-electron chi connectivity index (χ3n) is 2.90. The first-order chi connectivity index (χ1) is 12.3. The van der Waals surface area contributed by atoms with E-state index in [1.54, 1.807) is 6.07 Å². The highest BCUT2D eigenvalue weighted by atomic mass is 19.1. The number of ether oxygens (including phenoxy) is 3. The van der Waals surface area contributed by atoms with E-state index in [1.165, 1.54) is 50.3 Å². The Kier molecular flexibility index (Phi) is 6.21. The number of carbonyl (C=O) groups is 3. The predicted octanol–water partition coefficient (Wildman–Crippen LogP) is 3.30. The third-order valence-corrected chi connectivity index (χ3v) is 2.90. The molecule has 0 aliphatic carbocycles. The van der Waals surface area contributed by atoms with Crippen LogP contribution in [0.5, 0.6) is 17.2 Å². The lowest BCUT2D eigenvalue weighted by molar-refractivity contribution is -0.134. The van der Waals surface area contributed by atoms with Crippen LogP contribution in [0.2, 0.25) is 0 Å². The molecule has 0 N–H and O–H groups in total. The van der Waals surface area contributed by atoms with Crippen LogP contribution < -0.4 is 14.2 Å². The van der Waals surface area contributed by atoms with Crippen molar-refractivity contribution < 1.29 is 33.0 Å². The van der Waals surface area contributed by atoms with Gasteiger partial charge in [-0.25, -0.2) is 9.18 Å². The number of hydrogen-bond donors (Lipinski definition) is 0. The predicted molar refractivity (Wildman–Crippen MR) is 90.1 cm³/mol. The lowest BCUT2D eigenvalue weighted by atomic mass is 10.2. The second kappa shape index (κ2) is 8.57. The molecular weight excluding hydrogens is 343 g/mol. The number of halogens is 1. The van der Waals surface area contributed by atoms with E-state index < -0.39 is 23.7 Å². The molecule has 2 aromatic carbocycles. The van der Waals surface area contributed by atoms with Crippen molar-refractivity contribution in [3.8, 4) is 17.2 Å². The van der Waals surface area contributed by atoms with Gasteiger partial charge in [0.1, 0.15) is 11.6 Å². The fourth-order valence-corrected chi connectivity index (χ4v) is 1.95. The second-order valence-electron chi connectivity index (χ2n) is 5.11. The lowest BCUT2D eigenvalue weighted by Gasteiger charge is -2.09. The summed E-state index contributed by atoms with van der Waals surface area (Å²) in [4.78, 5) is 34.0. The Balaban J connectivity index is 2.14. The molecule has 0 amide bonds. The van der Waals surface area contributed by atoms with Crippen molar-refractivity contribution in [3.05, 3.63) is 59.9 Å². The molecule has 0 atom stereocenters. The summed E-state index contributed by atoms with van der Waals surface area (Å²) in [5.41, 5.74) is 0.494. The maximum Gasteiger partial charge on any atom is 0.336 e. The zero-order valence-electron chi connectivity index (χ0n) is 14.0. The van der Waals surface area contributed by atoms with Crippen molar-refractivity contribution in [2.75, 3.05) is 0 Å². The van der Waals surface area contributed by atoms with Crippen LogP contribution in [-0.2, 0) is 14.4 Å². The molecule has 0 radical (unpaired) electrons. The summed E-state index contributed by atoms with van der Waals surface area (Å²) in [5.74, 6) is -2.21. The third kappa shape index (κ3) is 5.86. The van der Waals surface area contributed by atoms with Crippen LogP contribution in [0.15, 0.2) is 48.5 Å². The van der Waals surface area contributed by atoms with Gasteiger partial charge in [-0.3, -0.25) is 9.59 Å². The summed E-state index contributed by atoms with van der Waals surface area (Å²) in [5, 5.41) is 0. The Morgan fingerprint density at radius 3 is 2.23 bits per heavy atom. The molecule has 7 heteroatoms. The molecule has 0 fully saturated rings. The van der Waals surface area contributed by atoms with Crippen LogP contribution in [0.1, 0.15) is 19.4 Å². The van der Waals surface area contributed by atoms with Crippen molar-refractivity contribution >= 4 is 24.0 Å². The molecule has 0 unspecified atom stereocenters. The van der Waals surface area contributed by atoms with Gasteiger partial charge in [0.05, 0.1) is 0 Å². The zero-order chi connectivity index (χ0) is 19.1. The monoisotopic (exact) mass is 358 g/mol. The quantitative estimate of drug-likeness (QED) is 0.464. The van der Waals surface area contributed by atoms with Gasteiger partial charge in [0.25, 0.3) is 0 Å². The molecule has 0 saturated carbocycles. The van der Waals surface area contributed by atoms with Gasteiger partial charge < -0.3 is 14.2 Å². The van der Waals surface area contributed by atoms with Crippen molar-refractivity contribution in [1.29, 1.82) is 0 Å². The Bertz CT molecular complexity index is 872. The van der Waals surface area contributed by atoms with Crippen LogP contribution in [0, 0.1) is 5.82 Å². The van der Waals surface area contributed by atoms with Gasteiger partial charge in [-0.2, -0.15) is 0 Å². The Morgan fingerprint density at radius 2 is 1.58 bits per heavy atom. The molecule has 0 spiro atoms. The summed E-state index contributed by atoms with van der Waals surface area (Å²) in [6.45, 7) is 2.42. The van der Waals surface area contributed by atoms with Gasteiger partial charge in [-0.15, -0.1) is 0 Å². The molecule has 2 aromatic rings. The average molecular weight is 358 g/mol. The number of rotatable bonds is 5. The van der Waals surface area contributed by atoms with Gasteiger partial charge in [0.2, 0.25) is 0 Å². The van der Waals surface area contributed by atoms with Gasteiger partial charge >= 0.3 is 17.9 Å². The summed E-state index contributed by atoms with van der Waals surface area (Å²) in [6, 6.07) is 9.58. The normalized spacial score (nSPS) is 10.4. The minimum Gasteiger partial charge on any atom is -0.423 e. The molecule has 134 valence electrons. The summed E-state index contributed by atoms with van der Waals surface area (Å²) in [7, 11) is 0. The largest absolute Gasteiger partial charge is 0.423 e. The van der Waals surface area contributed by atoms with Gasteiger partial charge in [0, 0.05) is 26.0 Å². The first kappa shape index (κ1) is 18.9. The Morgan fingerprint density at radius 1 is 0.885 bits per heavy atom. The van der Waals surface area contributed by atoms with Crippen LogP contribution in [0.4, 0.5) is 4.39 Å². The van der Waals surface area contributed by atoms with E-state index in [2.05, 4.69) is 0 Å². The molecule has 0 aliphatic rings. The molecule has 0 aliphatic heterocycles. The molecule has 26 heavy (non-hydrogen) atoms.